The Hall–Kier alpha value is -1.10. The zero-order chi connectivity index (χ0) is 10.3. The van der Waals surface area contributed by atoms with E-state index in [1.807, 2.05) is 0 Å². The van der Waals surface area contributed by atoms with Crippen molar-refractivity contribution >= 4 is 21.4 Å². The third-order valence-corrected chi connectivity index (χ3v) is 2.79. The Balaban J connectivity index is 2.74. The van der Waals surface area contributed by atoms with E-state index < -0.39 is 17.6 Å². The van der Waals surface area contributed by atoms with Crippen LogP contribution in [0.25, 0.3) is 10.1 Å². The SMILES string of the molecule is Fc1c(C(F)(F)F)ccc2ccsc12. The normalized spacial score (nSPS) is 12.3. The molecule has 2 rings (SSSR count). The van der Waals surface area contributed by atoms with Gasteiger partial charge in [-0.15, -0.1) is 11.3 Å². The van der Waals surface area contributed by atoms with Gasteiger partial charge in [-0.05, 0) is 22.9 Å². The topological polar surface area (TPSA) is 0 Å². The average Bonchev–Trinajstić information content (AvgIpc) is 2.50. The van der Waals surface area contributed by atoms with Gasteiger partial charge in [0.15, 0.2) is 5.82 Å². The molecule has 0 saturated carbocycles. The molecular weight excluding hydrogens is 216 g/mol. The molecule has 1 heterocycles. The third kappa shape index (κ3) is 1.37. The van der Waals surface area contributed by atoms with Gasteiger partial charge in [0, 0.05) is 0 Å². The molecule has 0 fully saturated rings. The van der Waals surface area contributed by atoms with Crippen LogP contribution >= 0.6 is 11.3 Å². The van der Waals surface area contributed by atoms with E-state index in [-0.39, 0.29) is 4.70 Å². The van der Waals surface area contributed by atoms with Crippen LogP contribution in [0.2, 0.25) is 0 Å². The van der Waals surface area contributed by atoms with Crippen molar-refractivity contribution in [2.75, 3.05) is 0 Å². The fourth-order valence-corrected chi connectivity index (χ4v) is 2.05. The van der Waals surface area contributed by atoms with Gasteiger partial charge < -0.3 is 0 Å². The van der Waals surface area contributed by atoms with Gasteiger partial charge in [-0.2, -0.15) is 13.2 Å². The summed E-state index contributed by atoms with van der Waals surface area (Å²) in [6, 6.07) is 3.63. The summed E-state index contributed by atoms with van der Waals surface area (Å²) in [4.78, 5) is 0. The van der Waals surface area contributed by atoms with Crippen molar-refractivity contribution in [3.63, 3.8) is 0 Å². The summed E-state index contributed by atoms with van der Waals surface area (Å²) in [6.07, 6.45) is -4.62. The van der Waals surface area contributed by atoms with Crippen LogP contribution in [-0.2, 0) is 6.18 Å². The Morgan fingerprint density at radius 3 is 2.43 bits per heavy atom. The molecule has 0 N–H and O–H groups in total. The molecule has 0 aliphatic heterocycles. The molecule has 0 saturated heterocycles. The maximum Gasteiger partial charge on any atom is 0.419 e. The minimum Gasteiger partial charge on any atom is -0.205 e. The summed E-state index contributed by atoms with van der Waals surface area (Å²) in [5.74, 6) is -1.18. The summed E-state index contributed by atoms with van der Waals surface area (Å²) in [6.45, 7) is 0. The summed E-state index contributed by atoms with van der Waals surface area (Å²) in [5, 5.41) is 2.06. The van der Waals surface area contributed by atoms with Crippen molar-refractivity contribution in [1.82, 2.24) is 0 Å². The molecule has 0 nitrogen and oxygen atoms in total. The van der Waals surface area contributed by atoms with Gasteiger partial charge in [0.2, 0.25) is 0 Å². The van der Waals surface area contributed by atoms with Crippen LogP contribution < -0.4 is 0 Å². The maximum absolute atomic E-state index is 13.3. The molecule has 0 amide bonds. The first kappa shape index (κ1) is 9.45. The van der Waals surface area contributed by atoms with E-state index in [9.17, 15) is 17.6 Å². The first-order valence-electron chi connectivity index (χ1n) is 3.73. The highest BCUT2D eigenvalue weighted by atomic mass is 32.1. The number of fused-ring (bicyclic) bond motifs is 1. The van der Waals surface area contributed by atoms with E-state index in [1.54, 1.807) is 11.4 Å². The second-order valence-corrected chi connectivity index (χ2v) is 3.68. The van der Waals surface area contributed by atoms with Crippen LogP contribution in [-0.4, -0.2) is 0 Å². The first-order valence-corrected chi connectivity index (χ1v) is 4.61. The molecule has 5 heteroatoms. The molecule has 0 spiro atoms. The Morgan fingerprint density at radius 2 is 1.79 bits per heavy atom. The van der Waals surface area contributed by atoms with Crippen molar-refractivity contribution in [3.8, 4) is 0 Å². The lowest BCUT2D eigenvalue weighted by Crippen LogP contribution is -2.07. The number of hydrogen-bond acceptors (Lipinski definition) is 1. The molecular formula is C9H4F4S. The predicted molar refractivity (Wildman–Crippen MR) is 46.8 cm³/mol. The molecule has 14 heavy (non-hydrogen) atoms. The van der Waals surface area contributed by atoms with E-state index in [1.165, 1.54) is 6.07 Å². The standard InChI is InChI=1S/C9H4F4S/c10-7-6(9(11,12)13)2-1-5-3-4-14-8(5)7/h1-4H. The van der Waals surface area contributed by atoms with Crippen molar-refractivity contribution in [2.45, 2.75) is 6.18 Å². The fraction of sp³-hybridized carbons (Fsp3) is 0.111. The largest absolute Gasteiger partial charge is 0.419 e. The quantitative estimate of drug-likeness (QED) is 0.587. The van der Waals surface area contributed by atoms with E-state index in [2.05, 4.69) is 0 Å². The lowest BCUT2D eigenvalue weighted by Gasteiger charge is -2.07. The average molecular weight is 220 g/mol. The molecule has 74 valence electrons. The lowest BCUT2D eigenvalue weighted by molar-refractivity contribution is -0.139. The molecule has 2 aromatic rings. The first-order chi connectivity index (χ1) is 6.50. The highest BCUT2D eigenvalue weighted by Gasteiger charge is 2.34. The highest BCUT2D eigenvalue weighted by Crippen LogP contribution is 2.35. The lowest BCUT2D eigenvalue weighted by atomic mass is 10.1. The van der Waals surface area contributed by atoms with E-state index in [0.29, 0.717) is 5.39 Å². The van der Waals surface area contributed by atoms with Crippen LogP contribution in [0.3, 0.4) is 0 Å². The Morgan fingerprint density at radius 1 is 1.07 bits per heavy atom. The smallest absolute Gasteiger partial charge is 0.205 e. The molecule has 0 bridgehead atoms. The van der Waals surface area contributed by atoms with E-state index in [4.69, 9.17) is 0 Å². The van der Waals surface area contributed by atoms with Crippen LogP contribution in [0.15, 0.2) is 23.6 Å². The minimum atomic E-state index is -4.62. The molecule has 0 aliphatic rings. The molecule has 0 aliphatic carbocycles. The molecule has 1 aromatic heterocycles. The summed E-state index contributed by atoms with van der Waals surface area (Å²) in [7, 11) is 0. The Labute approximate surface area is 80.8 Å². The van der Waals surface area contributed by atoms with Crippen LogP contribution in [0.4, 0.5) is 17.6 Å². The highest BCUT2D eigenvalue weighted by molar-refractivity contribution is 7.17. The Bertz CT molecular complexity index is 469. The van der Waals surface area contributed by atoms with Crippen LogP contribution in [0, 0.1) is 5.82 Å². The van der Waals surface area contributed by atoms with Crippen molar-refractivity contribution in [2.24, 2.45) is 0 Å². The number of rotatable bonds is 0. The number of hydrogen-bond donors (Lipinski definition) is 0. The minimum absolute atomic E-state index is 0.0554. The van der Waals surface area contributed by atoms with Crippen molar-refractivity contribution in [3.05, 3.63) is 35.0 Å². The number of benzene rings is 1. The number of alkyl halides is 3. The fourth-order valence-electron chi connectivity index (χ4n) is 1.22. The van der Waals surface area contributed by atoms with Crippen molar-refractivity contribution < 1.29 is 17.6 Å². The molecule has 1 aromatic carbocycles. The van der Waals surface area contributed by atoms with Crippen LogP contribution in [0.5, 0.6) is 0 Å². The monoisotopic (exact) mass is 220 g/mol. The summed E-state index contributed by atoms with van der Waals surface area (Å²) in [5.41, 5.74) is -1.20. The van der Waals surface area contributed by atoms with Gasteiger partial charge >= 0.3 is 6.18 Å². The van der Waals surface area contributed by atoms with Gasteiger partial charge in [-0.25, -0.2) is 4.39 Å². The zero-order valence-corrected chi connectivity index (χ0v) is 7.55. The van der Waals surface area contributed by atoms with Crippen molar-refractivity contribution in [1.29, 1.82) is 0 Å². The Kier molecular flexibility index (Phi) is 1.99. The van der Waals surface area contributed by atoms with Gasteiger partial charge in [0.1, 0.15) is 0 Å². The second-order valence-electron chi connectivity index (χ2n) is 2.76. The zero-order valence-electron chi connectivity index (χ0n) is 6.73. The summed E-state index contributed by atoms with van der Waals surface area (Å²) < 4.78 is 50.1. The van der Waals surface area contributed by atoms with Gasteiger partial charge in [0.25, 0.3) is 0 Å². The van der Waals surface area contributed by atoms with Gasteiger partial charge in [-0.1, -0.05) is 6.07 Å². The molecule has 0 radical (unpaired) electrons. The van der Waals surface area contributed by atoms with Gasteiger partial charge in [0.05, 0.1) is 10.3 Å². The second kappa shape index (κ2) is 2.95. The maximum atomic E-state index is 13.3. The third-order valence-electron chi connectivity index (χ3n) is 1.87. The molecule has 0 atom stereocenters. The van der Waals surface area contributed by atoms with E-state index >= 15 is 0 Å². The van der Waals surface area contributed by atoms with Crippen LogP contribution in [0.1, 0.15) is 5.56 Å². The number of thiophene rings is 1. The van der Waals surface area contributed by atoms with E-state index in [0.717, 1.165) is 17.4 Å². The number of halogens is 4. The van der Waals surface area contributed by atoms with Gasteiger partial charge in [-0.3, -0.25) is 0 Å². The summed E-state index contributed by atoms with van der Waals surface area (Å²) >= 11 is 0.969. The molecule has 0 unspecified atom stereocenters. The predicted octanol–water partition coefficient (Wildman–Crippen LogP) is 4.06.